The Hall–Kier alpha value is -2.66. The number of ether oxygens (including phenoxy) is 1. The van der Waals surface area contributed by atoms with Crippen molar-refractivity contribution < 1.29 is 19.1 Å². The Labute approximate surface area is 203 Å². The van der Waals surface area contributed by atoms with Gasteiger partial charge in [-0.3, -0.25) is 9.59 Å². The van der Waals surface area contributed by atoms with Gasteiger partial charge in [0, 0.05) is 23.9 Å². The summed E-state index contributed by atoms with van der Waals surface area (Å²) in [5.41, 5.74) is 0.582. The molecule has 33 heavy (non-hydrogen) atoms. The molecular formula is C25H37N3O4S. The van der Waals surface area contributed by atoms with Crippen LogP contribution in [0.25, 0.3) is 0 Å². The summed E-state index contributed by atoms with van der Waals surface area (Å²) in [6, 6.07) is 4.76. The van der Waals surface area contributed by atoms with Crippen molar-refractivity contribution >= 4 is 30.5 Å². The molecule has 0 aliphatic carbocycles. The van der Waals surface area contributed by atoms with Crippen molar-refractivity contribution in [3.05, 3.63) is 35.4 Å². The first-order valence-corrected chi connectivity index (χ1v) is 11.8. The van der Waals surface area contributed by atoms with E-state index in [0.29, 0.717) is 17.7 Å². The number of carbonyl (C=O) groups excluding carboxylic acids is 3. The van der Waals surface area contributed by atoms with Crippen LogP contribution in [-0.4, -0.2) is 52.8 Å². The smallest absolute Gasteiger partial charge is 0.408 e. The molecule has 0 heterocycles. The minimum absolute atomic E-state index is 0.0432. The second-order valence-corrected chi connectivity index (χ2v) is 9.40. The van der Waals surface area contributed by atoms with Gasteiger partial charge in [0.1, 0.15) is 17.7 Å². The van der Waals surface area contributed by atoms with Crippen molar-refractivity contribution in [1.82, 2.24) is 15.5 Å². The predicted molar refractivity (Wildman–Crippen MR) is 134 cm³/mol. The molecule has 7 nitrogen and oxygen atoms in total. The molecule has 2 atom stereocenters. The highest BCUT2D eigenvalue weighted by atomic mass is 32.1. The average molecular weight is 476 g/mol. The largest absolute Gasteiger partial charge is 0.444 e. The maximum atomic E-state index is 13.6. The van der Waals surface area contributed by atoms with Gasteiger partial charge in [-0.1, -0.05) is 31.4 Å². The molecule has 0 fully saturated rings. The summed E-state index contributed by atoms with van der Waals surface area (Å²) in [5, 5.41) is 5.51. The van der Waals surface area contributed by atoms with Crippen molar-refractivity contribution in [2.24, 2.45) is 0 Å². The first kappa shape index (κ1) is 28.4. The van der Waals surface area contributed by atoms with E-state index in [1.807, 2.05) is 20.8 Å². The molecule has 0 aliphatic heterocycles. The number of carbonyl (C=O) groups is 3. The summed E-state index contributed by atoms with van der Waals surface area (Å²) in [5.74, 6) is 1.87. The Morgan fingerprint density at radius 2 is 1.79 bits per heavy atom. The number of thiol groups is 1. The minimum atomic E-state index is -0.971. The third-order valence-corrected chi connectivity index (χ3v) is 5.10. The van der Waals surface area contributed by atoms with E-state index in [0.717, 1.165) is 12.8 Å². The standard InChI is InChI=1S/C25H37N3O4S/c1-8-10-15-26-22(29)21(19-13-11-18(9-2)12-14-19)28(17(3)4)23(30)20(16-33)27-24(31)32-25(5,6)7/h2,11-14,17,20-21,33H,8,10,15-16H2,1,3-7H3,(H,26,29)(H,27,31). The third kappa shape index (κ3) is 9.01. The predicted octanol–water partition coefficient (Wildman–Crippen LogP) is 3.69. The summed E-state index contributed by atoms with van der Waals surface area (Å²) in [7, 11) is 0. The number of benzene rings is 1. The molecule has 8 heteroatoms. The maximum absolute atomic E-state index is 13.6. The molecule has 0 saturated heterocycles. The molecule has 3 amide bonds. The summed E-state index contributed by atoms with van der Waals surface area (Å²) < 4.78 is 5.29. The van der Waals surface area contributed by atoms with Crippen LogP contribution in [0.4, 0.5) is 4.79 Å². The number of unbranched alkanes of at least 4 members (excludes halogenated alkanes) is 1. The van der Waals surface area contributed by atoms with Crippen molar-refractivity contribution in [2.45, 2.75) is 78.1 Å². The van der Waals surface area contributed by atoms with Crippen LogP contribution in [0.1, 0.15) is 71.6 Å². The number of nitrogens with zero attached hydrogens (tertiary/aromatic N) is 1. The van der Waals surface area contributed by atoms with Gasteiger partial charge in [0.05, 0.1) is 0 Å². The first-order chi connectivity index (χ1) is 15.4. The number of hydrogen-bond donors (Lipinski definition) is 3. The highest BCUT2D eigenvalue weighted by Crippen LogP contribution is 2.25. The highest BCUT2D eigenvalue weighted by Gasteiger charge is 2.37. The van der Waals surface area contributed by atoms with Gasteiger partial charge in [-0.2, -0.15) is 12.6 Å². The summed E-state index contributed by atoms with van der Waals surface area (Å²) in [4.78, 5) is 40.6. The molecule has 2 N–H and O–H groups in total. The fraction of sp³-hybridized carbons (Fsp3) is 0.560. The van der Waals surface area contributed by atoms with Gasteiger partial charge in [-0.05, 0) is 58.7 Å². The van der Waals surface area contributed by atoms with Gasteiger partial charge in [0.15, 0.2) is 0 Å². The summed E-state index contributed by atoms with van der Waals surface area (Å²) in [6.07, 6.45) is 6.49. The van der Waals surface area contributed by atoms with Crippen molar-refractivity contribution in [3.63, 3.8) is 0 Å². The molecule has 182 valence electrons. The van der Waals surface area contributed by atoms with Crippen LogP contribution in [0.2, 0.25) is 0 Å². The molecule has 2 unspecified atom stereocenters. The second kappa shape index (κ2) is 13.1. The fourth-order valence-electron chi connectivity index (χ4n) is 3.18. The molecule has 0 saturated carbocycles. The Bertz CT molecular complexity index is 841. The minimum Gasteiger partial charge on any atom is -0.444 e. The van der Waals surface area contributed by atoms with Crippen LogP contribution in [-0.2, 0) is 14.3 Å². The topological polar surface area (TPSA) is 87.7 Å². The van der Waals surface area contributed by atoms with E-state index in [1.165, 1.54) is 4.90 Å². The molecule has 0 bridgehead atoms. The lowest BCUT2D eigenvalue weighted by Gasteiger charge is -2.37. The number of rotatable bonds is 10. The molecule has 1 aromatic rings. The summed E-state index contributed by atoms with van der Waals surface area (Å²) in [6.45, 7) is 11.4. The van der Waals surface area contributed by atoms with Crippen LogP contribution in [0.5, 0.6) is 0 Å². The monoisotopic (exact) mass is 475 g/mol. The van der Waals surface area contributed by atoms with Gasteiger partial charge < -0.3 is 20.3 Å². The molecular weight excluding hydrogens is 438 g/mol. The number of alkyl carbamates (subject to hydrolysis) is 1. The molecule has 0 aliphatic rings. The lowest BCUT2D eigenvalue weighted by Crippen LogP contribution is -2.55. The zero-order valence-corrected chi connectivity index (χ0v) is 21.4. The van der Waals surface area contributed by atoms with Crippen LogP contribution < -0.4 is 10.6 Å². The maximum Gasteiger partial charge on any atom is 0.408 e. The van der Waals surface area contributed by atoms with Crippen LogP contribution in [0.15, 0.2) is 24.3 Å². The quantitative estimate of drug-likeness (QED) is 0.274. The van der Waals surface area contributed by atoms with E-state index in [1.54, 1.807) is 45.0 Å². The molecule has 1 rings (SSSR count). The normalized spacial score (nSPS) is 12.9. The van der Waals surface area contributed by atoms with E-state index in [9.17, 15) is 14.4 Å². The van der Waals surface area contributed by atoms with E-state index in [-0.39, 0.29) is 17.7 Å². The Balaban J connectivity index is 3.32. The Morgan fingerprint density at radius 1 is 1.18 bits per heavy atom. The van der Waals surface area contributed by atoms with Crippen molar-refractivity contribution in [1.29, 1.82) is 0 Å². The van der Waals surface area contributed by atoms with E-state index >= 15 is 0 Å². The van der Waals surface area contributed by atoms with E-state index in [2.05, 4.69) is 29.2 Å². The molecule has 1 aromatic carbocycles. The second-order valence-electron chi connectivity index (χ2n) is 9.03. The van der Waals surface area contributed by atoms with Crippen molar-refractivity contribution in [3.8, 4) is 12.3 Å². The SMILES string of the molecule is C#Cc1ccc(C(C(=O)NCCCC)N(C(=O)C(CS)NC(=O)OC(C)(C)C)C(C)C)cc1. The number of terminal acetylenes is 1. The van der Waals surface area contributed by atoms with Crippen molar-refractivity contribution in [2.75, 3.05) is 12.3 Å². The number of nitrogens with one attached hydrogen (secondary N) is 2. The fourth-order valence-corrected chi connectivity index (χ4v) is 3.43. The van der Waals surface area contributed by atoms with Gasteiger partial charge in [-0.25, -0.2) is 4.79 Å². The van der Waals surface area contributed by atoms with Crippen LogP contribution >= 0.6 is 12.6 Å². The zero-order chi connectivity index (χ0) is 25.2. The van der Waals surface area contributed by atoms with Gasteiger partial charge in [0.25, 0.3) is 0 Å². The molecule has 0 spiro atoms. The zero-order valence-electron chi connectivity index (χ0n) is 20.5. The highest BCUT2D eigenvalue weighted by molar-refractivity contribution is 7.80. The molecule has 0 radical (unpaired) electrons. The van der Waals surface area contributed by atoms with E-state index < -0.39 is 29.7 Å². The summed E-state index contributed by atoms with van der Waals surface area (Å²) >= 11 is 4.27. The number of amides is 3. The van der Waals surface area contributed by atoms with Gasteiger partial charge in [-0.15, -0.1) is 6.42 Å². The lowest BCUT2D eigenvalue weighted by atomic mass is 10.00. The average Bonchev–Trinajstić information content (AvgIpc) is 2.74. The lowest BCUT2D eigenvalue weighted by molar-refractivity contribution is -0.144. The first-order valence-electron chi connectivity index (χ1n) is 11.2. The Kier molecular flexibility index (Phi) is 11.3. The third-order valence-electron chi connectivity index (χ3n) is 4.73. The van der Waals surface area contributed by atoms with Crippen LogP contribution in [0.3, 0.4) is 0 Å². The van der Waals surface area contributed by atoms with E-state index in [4.69, 9.17) is 11.2 Å². The van der Waals surface area contributed by atoms with Gasteiger partial charge in [0.2, 0.25) is 11.8 Å². The Morgan fingerprint density at radius 3 is 2.24 bits per heavy atom. The van der Waals surface area contributed by atoms with Gasteiger partial charge >= 0.3 is 6.09 Å². The van der Waals surface area contributed by atoms with Crippen LogP contribution in [0, 0.1) is 12.3 Å². The number of hydrogen-bond acceptors (Lipinski definition) is 5. The molecule has 0 aromatic heterocycles.